The first-order chi connectivity index (χ1) is 11.3. The Morgan fingerprint density at radius 2 is 2.08 bits per heavy atom. The molecular formula is C18H24FN3O2. The van der Waals surface area contributed by atoms with E-state index in [0.717, 1.165) is 22.5 Å². The zero-order valence-corrected chi connectivity index (χ0v) is 14.9. The highest BCUT2D eigenvalue weighted by atomic mass is 19.1. The van der Waals surface area contributed by atoms with E-state index < -0.39 is 5.82 Å². The molecule has 1 heterocycles. The van der Waals surface area contributed by atoms with Crippen LogP contribution < -0.4 is 4.74 Å². The van der Waals surface area contributed by atoms with Gasteiger partial charge in [-0.2, -0.15) is 5.10 Å². The van der Waals surface area contributed by atoms with Crippen LogP contribution in [-0.4, -0.2) is 34.7 Å². The summed E-state index contributed by atoms with van der Waals surface area (Å²) in [6.07, 6.45) is 1.06. The normalized spacial score (nSPS) is 10.8. The minimum absolute atomic E-state index is 0.0221. The van der Waals surface area contributed by atoms with E-state index in [1.165, 1.54) is 13.2 Å². The molecule has 1 aromatic carbocycles. The third-order valence-corrected chi connectivity index (χ3v) is 4.31. The largest absolute Gasteiger partial charge is 0.494 e. The monoisotopic (exact) mass is 333 g/mol. The summed E-state index contributed by atoms with van der Waals surface area (Å²) < 4.78 is 20.5. The number of methoxy groups -OCH3 is 1. The summed E-state index contributed by atoms with van der Waals surface area (Å²) in [4.78, 5) is 14.0. The molecule has 6 heteroatoms. The molecule has 0 aliphatic carbocycles. The smallest absolute Gasteiger partial charge is 0.222 e. The fourth-order valence-corrected chi connectivity index (χ4v) is 2.77. The molecule has 0 aliphatic rings. The van der Waals surface area contributed by atoms with E-state index in [2.05, 4.69) is 5.10 Å². The molecule has 0 unspecified atom stereocenters. The first kappa shape index (κ1) is 18.0. The molecule has 0 spiro atoms. The predicted octanol–water partition coefficient (Wildman–Crippen LogP) is 2.78. The Morgan fingerprint density at radius 3 is 2.62 bits per heavy atom. The molecule has 0 bridgehead atoms. The molecule has 0 saturated heterocycles. The van der Waals surface area contributed by atoms with Crippen LogP contribution in [0.15, 0.2) is 18.2 Å². The topological polar surface area (TPSA) is 47.4 Å². The van der Waals surface area contributed by atoms with Gasteiger partial charge in [-0.3, -0.25) is 9.48 Å². The fraction of sp³-hybridized carbons (Fsp3) is 0.444. The Hall–Kier alpha value is -2.37. The summed E-state index contributed by atoms with van der Waals surface area (Å²) in [5.74, 6) is -0.193. The van der Waals surface area contributed by atoms with Crippen molar-refractivity contribution in [2.45, 2.75) is 33.2 Å². The number of amides is 1. The van der Waals surface area contributed by atoms with Gasteiger partial charge in [0.1, 0.15) is 0 Å². The minimum Gasteiger partial charge on any atom is -0.494 e. The Labute approximate surface area is 142 Å². The molecule has 2 rings (SSSR count). The van der Waals surface area contributed by atoms with Gasteiger partial charge >= 0.3 is 0 Å². The summed E-state index contributed by atoms with van der Waals surface area (Å²) in [6.45, 7) is 4.32. The maximum atomic E-state index is 13.7. The van der Waals surface area contributed by atoms with Crippen molar-refractivity contribution in [3.8, 4) is 5.75 Å². The van der Waals surface area contributed by atoms with Gasteiger partial charge in [-0.25, -0.2) is 4.39 Å². The Kier molecular flexibility index (Phi) is 5.59. The number of hydrogen-bond donors (Lipinski definition) is 0. The fourth-order valence-electron chi connectivity index (χ4n) is 2.77. The van der Waals surface area contributed by atoms with Crippen molar-refractivity contribution in [1.82, 2.24) is 14.7 Å². The van der Waals surface area contributed by atoms with Crippen LogP contribution in [0.1, 0.15) is 28.9 Å². The van der Waals surface area contributed by atoms with Crippen molar-refractivity contribution in [3.05, 3.63) is 46.5 Å². The first-order valence-corrected chi connectivity index (χ1v) is 7.89. The Balaban J connectivity index is 1.96. The van der Waals surface area contributed by atoms with Crippen LogP contribution in [0.25, 0.3) is 0 Å². The maximum Gasteiger partial charge on any atom is 0.222 e. The average Bonchev–Trinajstić information content (AvgIpc) is 2.78. The molecule has 0 fully saturated rings. The molecule has 1 amide bonds. The second-order valence-electron chi connectivity index (χ2n) is 5.99. The molecule has 1 aromatic heterocycles. The van der Waals surface area contributed by atoms with E-state index in [4.69, 9.17) is 4.74 Å². The van der Waals surface area contributed by atoms with Crippen molar-refractivity contribution in [2.24, 2.45) is 7.05 Å². The van der Waals surface area contributed by atoms with Gasteiger partial charge in [0.2, 0.25) is 5.91 Å². The molecule has 0 saturated carbocycles. The Morgan fingerprint density at radius 1 is 1.38 bits per heavy atom. The highest BCUT2D eigenvalue weighted by Gasteiger charge is 2.14. The molecule has 2 aromatic rings. The minimum atomic E-state index is -0.419. The van der Waals surface area contributed by atoms with Crippen LogP contribution in [0.3, 0.4) is 0 Å². The van der Waals surface area contributed by atoms with Crippen LogP contribution in [-0.2, 0) is 24.8 Å². The maximum absolute atomic E-state index is 13.7. The van der Waals surface area contributed by atoms with Gasteiger partial charge in [0, 0.05) is 32.8 Å². The lowest BCUT2D eigenvalue weighted by molar-refractivity contribution is -0.130. The zero-order valence-electron chi connectivity index (χ0n) is 14.9. The third kappa shape index (κ3) is 3.93. The van der Waals surface area contributed by atoms with Crippen LogP contribution >= 0.6 is 0 Å². The second kappa shape index (κ2) is 7.47. The lowest BCUT2D eigenvalue weighted by Crippen LogP contribution is -2.26. The number of hydrogen-bond acceptors (Lipinski definition) is 3. The average molecular weight is 333 g/mol. The number of benzene rings is 1. The zero-order chi connectivity index (χ0) is 17.9. The highest BCUT2D eigenvalue weighted by molar-refractivity contribution is 5.76. The van der Waals surface area contributed by atoms with E-state index in [-0.39, 0.29) is 11.7 Å². The van der Waals surface area contributed by atoms with Crippen LogP contribution in [0.4, 0.5) is 4.39 Å². The van der Waals surface area contributed by atoms with Gasteiger partial charge in [0.05, 0.1) is 12.8 Å². The number of carbonyl (C=O) groups excluding carboxylic acids is 1. The molecule has 0 atom stereocenters. The van der Waals surface area contributed by atoms with E-state index in [9.17, 15) is 9.18 Å². The van der Waals surface area contributed by atoms with Crippen molar-refractivity contribution in [1.29, 1.82) is 0 Å². The van der Waals surface area contributed by atoms with Gasteiger partial charge in [-0.1, -0.05) is 6.07 Å². The number of ether oxygens (including phenoxy) is 1. The van der Waals surface area contributed by atoms with Crippen molar-refractivity contribution >= 4 is 5.91 Å². The number of nitrogens with zero attached hydrogens (tertiary/aromatic N) is 3. The first-order valence-electron chi connectivity index (χ1n) is 7.89. The lowest BCUT2D eigenvalue weighted by atomic mass is 10.1. The summed E-state index contributed by atoms with van der Waals surface area (Å²) in [5, 5.41) is 4.37. The number of aromatic nitrogens is 2. The van der Waals surface area contributed by atoms with E-state index >= 15 is 0 Å². The van der Waals surface area contributed by atoms with Gasteiger partial charge in [-0.05, 0) is 43.5 Å². The van der Waals surface area contributed by atoms with Crippen LogP contribution in [0.5, 0.6) is 5.75 Å². The molecule has 130 valence electrons. The number of carbonyl (C=O) groups is 1. The number of aryl methyl sites for hydroxylation is 2. The lowest BCUT2D eigenvalue weighted by Gasteiger charge is -2.18. The van der Waals surface area contributed by atoms with Gasteiger partial charge in [0.25, 0.3) is 0 Å². The van der Waals surface area contributed by atoms with E-state index in [0.29, 0.717) is 19.4 Å². The molecule has 24 heavy (non-hydrogen) atoms. The van der Waals surface area contributed by atoms with Crippen molar-refractivity contribution in [3.63, 3.8) is 0 Å². The summed E-state index contributed by atoms with van der Waals surface area (Å²) in [6, 6.07) is 4.74. The summed E-state index contributed by atoms with van der Waals surface area (Å²) in [7, 11) is 5.06. The van der Waals surface area contributed by atoms with E-state index in [1.807, 2.05) is 25.6 Å². The van der Waals surface area contributed by atoms with Crippen LogP contribution in [0, 0.1) is 19.7 Å². The summed E-state index contributed by atoms with van der Waals surface area (Å²) >= 11 is 0. The molecular weight excluding hydrogens is 309 g/mol. The molecule has 0 N–H and O–H groups in total. The Bertz CT molecular complexity index is 740. The third-order valence-electron chi connectivity index (χ3n) is 4.31. The van der Waals surface area contributed by atoms with Gasteiger partial charge in [0.15, 0.2) is 11.6 Å². The van der Waals surface area contributed by atoms with Gasteiger partial charge < -0.3 is 9.64 Å². The molecule has 0 aliphatic heterocycles. The highest BCUT2D eigenvalue weighted by Crippen LogP contribution is 2.19. The summed E-state index contributed by atoms with van der Waals surface area (Å²) in [5.41, 5.74) is 3.90. The van der Waals surface area contributed by atoms with Crippen LogP contribution in [0.2, 0.25) is 0 Å². The predicted molar refractivity (Wildman–Crippen MR) is 90.4 cm³/mol. The quantitative estimate of drug-likeness (QED) is 0.817. The second-order valence-corrected chi connectivity index (χ2v) is 5.99. The number of rotatable bonds is 6. The SMILES string of the molecule is COc1ccc(CN(C)C(=O)CCc2c(C)nn(C)c2C)cc1F. The van der Waals surface area contributed by atoms with Crippen molar-refractivity contribution in [2.75, 3.05) is 14.2 Å². The van der Waals surface area contributed by atoms with Gasteiger partial charge in [-0.15, -0.1) is 0 Å². The van der Waals surface area contributed by atoms with E-state index in [1.54, 1.807) is 24.1 Å². The van der Waals surface area contributed by atoms with Crippen molar-refractivity contribution < 1.29 is 13.9 Å². The standard InChI is InChI=1S/C18H24FN3O2/c1-12-15(13(2)22(4)20-12)7-9-18(23)21(3)11-14-6-8-17(24-5)16(19)10-14/h6,8,10H,7,9,11H2,1-5H3. The molecule has 5 nitrogen and oxygen atoms in total. The molecule has 0 radical (unpaired) electrons. The number of halogens is 1.